The van der Waals surface area contributed by atoms with E-state index in [2.05, 4.69) is 20.5 Å². The van der Waals surface area contributed by atoms with Crippen molar-refractivity contribution in [2.45, 2.75) is 0 Å². The molecule has 0 bridgehead atoms. The Morgan fingerprint density at radius 3 is 2.93 bits per heavy atom. The molecule has 1 heterocycles. The fourth-order valence-electron chi connectivity index (χ4n) is 1.19. The Hall–Kier alpha value is -1.62. The van der Waals surface area contributed by atoms with Crippen molar-refractivity contribution in [3.63, 3.8) is 0 Å². The van der Waals surface area contributed by atoms with Gasteiger partial charge in [0.05, 0.1) is 5.52 Å². The molecular formula is C9H10ClN5. The number of rotatable bonds is 2. The molecule has 5 nitrogen and oxygen atoms in total. The summed E-state index contributed by atoms with van der Waals surface area (Å²) in [6, 6.07) is 5.47. The van der Waals surface area contributed by atoms with E-state index < -0.39 is 0 Å². The first-order valence-corrected chi connectivity index (χ1v) is 4.77. The fraction of sp³-hybridized carbons (Fsp3) is 0.222. The number of fused-ring (bicyclic) bond motifs is 1. The van der Waals surface area contributed by atoms with Crippen LogP contribution in [0.15, 0.2) is 28.5 Å². The van der Waals surface area contributed by atoms with Gasteiger partial charge in [-0.25, -0.2) is 0 Å². The van der Waals surface area contributed by atoms with E-state index in [1.165, 1.54) is 0 Å². The molecule has 0 saturated heterocycles. The van der Waals surface area contributed by atoms with Gasteiger partial charge in [-0.1, -0.05) is 16.8 Å². The summed E-state index contributed by atoms with van der Waals surface area (Å²) >= 11 is 5.85. The van der Waals surface area contributed by atoms with E-state index in [1.807, 2.05) is 6.07 Å². The molecule has 1 aromatic heterocycles. The molecule has 0 fully saturated rings. The molecule has 0 radical (unpaired) electrons. The monoisotopic (exact) mass is 223 g/mol. The van der Waals surface area contributed by atoms with Crippen LogP contribution in [0.5, 0.6) is 0 Å². The average molecular weight is 224 g/mol. The third-order valence-corrected chi connectivity index (χ3v) is 2.06. The normalized spacial score (nSPS) is 11.4. The number of benzene rings is 1. The smallest absolute Gasteiger partial charge is 0.205 e. The van der Waals surface area contributed by atoms with E-state index >= 15 is 0 Å². The first kappa shape index (κ1) is 9.92. The van der Waals surface area contributed by atoms with Crippen molar-refractivity contribution in [1.82, 2.24) is 15.2 Å². The standard InChI is InChI=1S/C9H10ClN5/c1-15(2)14-13-9-7-4-3-6(10)5-8(7)11-12-9/h3-5H,1-2H3,(H,11,12). The van der Waals surface area contributed by atoms with E-state index in [0.29, 0.717) is 10.8 Å². The highest BCUT2D eigenvalue weighted by Gasteiger charge is 2.04. The summed E-state index contributed by atoms with van der Waals surface area (Å²) < 4.78 is 0. The lowest BCUT2D eigenvalue weighted by Crippen LogP contribution is -1.98. The summed E-state index contributed by atoms with van der Waals surface area (Å²) in [6.45, 7) is 0. The molecule has 0 aliphatic heterocycles. The van der Waals surface area contributed by atoms with E-state index in [-0.39, 0.29) is 0 Å². The molecular weight excluding hydrogens is 214 g/mol. The predicted molar refractivity (Wildman–Crippen MR) is 59.3 cm³/mol. The Morgan fingerprint density at radius 1 is 1.40 bits per heavy atom. The van der Waals surface area contributed by atoms with Gasteiger partial charge in [0.2, 0.25) is 5.82 Å². The Kier molecular flexibility index (Phi) is 2.55. The van der Waals surface area contributed by atoms with Crippen molar-refractivity contribution in [2.24, 2.45) is 10.3 Å². The second-order valence-electron chi connectivity index (χ2n) is 3.27. The molecule has 0 atom stereocenters. The molecule has 0 aliphatic carbocycles. The Bertz CT molecular complexity index is 502. The summed E-state index contributed by atoms with van der Waals surface area (Å²) in [5.74, 6) is 0.565. The lowest BCUT2D eigenvalue weighted by molar-refractivity contribution is 0.408. The molecule has 2 aromatic rings. The fourth-order valence-corrected chi connectivity index (χ4v) is 1.36. The lowest BCUT2D eigenvalue weighted by Gasteiger charge is -1.98. The van der Waals surface area contributed by atoms with Gasteiger partial charge in [-0.15, -0.1) is 5.11 Å². The summed E-state index contributed by atoms with van der Waals surface area (Å²) in [5.41, 5.74) is 0.857. The van der Waals surface area contributed by atoms with Gasteiger partial charge in [0, 0.05) is 24.5 Å². The third-order valence-electron chi connectivity index (χ3n) is 1.82. The van der Waals surface area contributed by atoms with E-state index in [1.54, 1.807) is 31.2 Å². The number of aromatic nitrogens is 2. The van der Waals surface area contributed by atoms with Crippen LogP contribution in [0.25, 0.3) is 10.9 Å². The zero-order valence-electron chi connectivity index (χ0n) is 8.40. The number of hydrogen-bond donors (Lipinski definition) is 1. The van der Waals surface area contributed by atoms with Crippen LogP contribution < -0.4 is 0 Å². The van der Waals surface area contributed by atoms with Crippen molar-refractivity contribution >= 4 is 28.3 Å². The summed E-state index contributed by atoms with van der Waals surface area (Å²) in [6.07, 6.45) is 0. The van der Waals surface area contributed by atoms with Crippen LogP contribution >= 0.6 is 11.6 Å². The maximum absolute atomic E-state index is 5.85. The van der Waals surface area contributed by atoms with Crippen LogP contribution in [0.2, 0.25) is 5.02 Å². The highest BCUT2D eigenvalue weighted by Crippen LogP contribution is 2.25. The van der Waals surface area contributed by atoms with Crippen molar-refractivity contribution < 1.29 is 0 Å². The largest absolute Gasteiger partial charge is 0.285 e. The second kappa shape index (κ2) is 3.86. The Labute approximate surface area is 91.7 Å². The number of H-pyrrole nitrogens is 1. The number of hydrogen-bond acceptors (Lipinski definition) is 3. The van der Waals surface area contributed by atoms with Gasteiger partial charge in [-0.2, -0.15) is 5.10 Å². The highest BCUT2D eigenvalue weighted by atomic mass is 35.5. The van der Waals surface area contributed by atoms with E-state index in [0.717, 1.165) is 10.9 Å². The van der Waals surface area contributed by atoms with Gasteiger partial charge >= 0.3 is 0 Å². The van der Waals surface area contributed by atoms with Crippen molar-refractivity contribution in [2.75, 3.05) is 14.1 Å². The maximum Gasteiger partial charge on any atom is 0.205 e. The summed E-state index contributed by atoms with van der Waals surface area (Å²) in [5, 5.41) is 17.9. The highest BCUT2D eigenvalue weighted by molar-refractivity contribution is 6.31. The summed E-state index contributed by atoms with van der Waals surface area (Å²) in [4.78, 5) is 0. The first-order valence-electron chi connectivity index (χ1n) is 4.39. The van der Waals surface area contributed by atoms with Gasteiger partial charge in [0.15, 0.2) is 0 Å². The van der Waals surface area contributed by atoms with Crippen molar-refractivity contribution in [3.8, 4) is 0 Å². The predicted octanol–water partition coefficient (Wildman–Crippen LogP) is 2.78. The average Bonchev–Trinajstić information content (AvgIpc) is 2.57. The molecule has 0 spiro atoms. The Morgan fingerprint density at radius 2 is 2.20 bits per heavy atom. The van der Waals surface area contributed by atoms with Gasteiger partial charge in [-0.3, -0.25) is 10.1 Å². The minimum absolute atomic E-state index is 0.565. The molecule has 0 amide bonds. The van der Waals surface area contributed by atoms with Crippen LogP contribution in [0, 0.1) is 0 Å². The molecule has 1 aromatic carbocycles. The first-order chi connectivity index (χ1) is 7.16. The number of aromatic amines is 1. The molecule has 2 rings (SSSR count). The zero-order chi connectivity index (χ0) is 10.8. The minimum atomic E-state index is 0.565. The quantitative estimate of drug-likeness (QED) is 0.629. The molecule has 0 aliphatic rings. The second-order valence-corrected chi connectivity index (χ2v) is 3.71. The van der Waals surface area contributed by atoms with Crippen LogP contribution in [-0.4, -0.2) is 29.3 Å². The molecule has 6 heteroatoms. The zero-order valence-corrected chi connectivity index (χ0v) is 9.15. The van der Waals surface area contributed by atoms with Gasteiger partial charge in [0.1, 0.15) is 0 Å². The van der Waals surface area contributed by atoms with Crippen LogP contribution in [0.4, 0.5) is 5.82 Å². The van der Waals surface area contributed by atoms with Crippen LogP contribution in [-0.2, 0) is 0 Å². The molecule has 78 valence electrons. The van der Waals surface area contributed by atoms with E-state index in [9.17, 15) is 0 Å². The molecule has 0 unspecified atom stereocenters. The van der Waals surface area contributed by atoms with E-state index in [4.69, 9.17) is 11.6 Å². The molecule has 15 heavy (non-hydrogen) atoms. The van der Waals surface area contributed by atoms with Crippen LogP contribution in [0.1, 0.15) is 0 Å². The minimum Gasteiger partial charge on any atom is -0.285 e. The van der Waals surface area contributed by atoms with Crippen molar-refractivity contribution in [1.29, 1.82) is 0 Å². The SMILES string of the molecule is CN(C)N=Nc1n[nH]c2cc(Cl)ccc12. The molecule has 0 saturated carbocycles. The summed E-state index contributed by atoms with van der Waals surface area (Å²) in [7, 11) is 3.60. The maximum atomic E-state index is 5.85. The topological polar surface area (TPSA) is 56.6 Å². The van der Waals surface area contributed by atoms with Gasteiger partial charge in [-0.05, 0) is 18.2 Å². The van der Waals surface area contributed by atoms with Gasteiger partial charge < -0.3 is 0 Å². The van der Waals surface area contributed by atoms with Gasteiger partial charge in [0.25, 0.3) is 0 Å². The van der Waals surface area contributed by atoms with Crippen molar-refractivity contribution in [3.05, 3.63) is 23.2 Å². The number of nitrogens with zero attached hydrogens (tertiary/aromatic N) is 4. The lowest BCUT2D eigenvalue weighted by atomic mass is 10.2. The molecule has 1 N–H and O–H groups in total. The van der Waals surface area contributed by atoms with Crippen LogP contribution in [0.3, 0.4) is 0 Å². The third kappa shape index (κ3) is 2.07. The number of nitrogens with one attached hydrogen (secondary N) is 1. The number of halogens is 1. The Balaban J connectivity index is 2.45.